The van der Waals surface area contributed by atoms with Gasteiger partial charge in [-0.15, -0.1) is 0 Å². The lowest BCUT2D eigenvalue weighted by Crippen LogP contribution is -2.09. The van der Waals surface area contributed by atoms with Gasteiger partial charge in [-0.05, 0) is 12.1 Å². The summed E-state index contributed by atoms with van der Waals surface area (Å²) in [6.07, 6.45) is 0. The molecular weight excluding hydrogens is 229 g/mol. The van der Waals surface area contributed by atoms with E-state index in [0.29, 0.717) is 6.07 Å². The summed E-state index contributed by atoms with van der Waals surface area (Å²) in [7, 11) is -9.72. The summed E-state index contributed by atoms with van der Waals surface area (Å²) in [5, 5.41) is 8.25. The minimum atomic E-state index is -9.72. The van der Waals surface area contributed by atoms with Crippen molar-refractivity contribution in [2.24, 2.45) is 0 Å². The van der Waals surface area contributed by atoms with Crippen molar-refractivity contribution in [3.63, 3.8) is 0 Å². The molecule has 0 aliphatic rings. The third-order valence-electron chi connectivity index (χ3n) is 1.42. The Kier molecular flexibility index (Phi) is 1.83. The predicted molar refractivity (Wildman–Crippen MR) is 43.2 cm³/mol. The Bertz CT molecular complexity index is 361. The Hall–Kier alpha value is -1.02. The average molecular weight is 235 g/mol. The minimum absolute atomic E-state index is 0.208. The number of rotatable bonds is 2. The molecule has 0 fully saturated rings. The molecule has 14 heavy (non-hydrogen) atoms. The van der Waals surface area contributed by atoms with Gasteiger partial charge in [0.25, 0.3) is 0 Å². The van der Waals surface area contributed by atoms with Gasteiger partial charge in [-0.2, -0.15) is 0 Å². The number of halogens is 5. The van der Waals surface area contributed by atoms with Crippen LogP contribution in [-0.4, -0.2) is 5.21 Å². The van der Waals surface area contributed by atoms with E-state index < -0.39 is 20.8 Å². The third kappa shape index (κ3) is 2.26. The molecule has 0 heterocycles. The number of nitrogens with one attached hydrogen (secondary N) is 1. The number of hydrogen-bond acceptors (Lipinski definition) is 2. The van der Waals surface area contributed by atoms with Crippen molar-refractivity contribution in [1.29, 1.82) is 0 Å². The summed E-state index contributed by atoms with van der Waals surface area (Å²) in [6, 6.07) is 2.81. The quantitative estimate of drug-likeness (QED) is 0.596. The SMILES string of the molecule is ONc1ccccc1S(F)(F)(F)(F)F. The topological polar surface area (TPSA) is 32.3 Å². The van der Waals surface area contributed by atoms with Crippen molar-refractivity contribution in [3.05, 3.63) is 24.3 Å². The van der Waals surface area contributed by atoms with Crippen LogP contribution in [0.1, 0.15) is 0 Å². The van der Waals surface area contributed by atoms with Crippen molar-refractivity contribution in [3.8, 4) is 0 Å². The average Bonchev–Trinajstić information content (AvgIpc) is 2.00. The number of para-hydroxylation sites is 1. The van der Waals surface area contributed by atoms with Crippen molar-refractivity contribution in [2.75, 3.05) is 5.48 Å². The zero-order chi connectivity index (χ0) is 11.1. The molecule has 0 radical (unpaired) electrons. The summed E-state index contributed by atoms with van der Waals surface area (Å²) in [4.78, 5) is -2.13. The second kappa shape index (κ2) is 2.31. The second-order valence-electron chi connectivity index (χ2n) is 2.58. The number of anilines is 1. The Morgan fingerprint density at radius 3 is 1.86 bits per heavy atom. The van der Waals surface area contributed by atoms with Gasteiger partial charge in [0.1, 0.15) is 4.90 Å². The van der Waals surface area contributed by atoms with Gasteiger partial charge in [0.15, 0.2) is 0 Å². The first-order valence-electron chi connectivity index (χ1n) is 3.28. The van der Waals surface area contributed by atoms with E-state index in [9.17, 15) is 19.4 Å². The summed E-state index contributed by atoms with van der Waals surface area (Å²) in [5.74, 6) is 0. The molecule has 8 heteroatoms. The lowest BCUT2D eigenvalue weighted by molar-refractivity contribution is 0.356. The fraction of sp³-hybridized carbons (Fsp3) is 0. The van der Waals surface area contributed by atoms with E-state index in [1.165, 1.54) is 0 Å². The summed E-state index contributed by atoms with van der Waals surface area (Å²) >= 11 is 0. The smallest absolute Gasteiger partial charge is 0.291 e. The maximum atomic E-state index is 12.2. The van der Waals surface area contributed by atoms with Crippen LogP contribution in [0.25, 0.3) is 0 Å². The molecule has 1 aromatic carbocycles. The highest BCUT2D eigenvalue weighted by atomic mass is 32.5. The van der Waals surface area contributed by atoms with Crippen LogP contribution in [0.3, 0.4) is 0 Å². The lowest BCUT2D eigenvalue weighted by atomic mass is 10.3. The molecule has 0 unspecified atom stereocenters. The highest BCUT2D eigenvalue weighted by Gasteiger charge is 2.66. The normalized spacial score (nSPS) is 17.0. The van der Waals surface area contributed by atoms with E-state index in [1.807, 2.05) is 0 Å². The van der Waals surface area contributed by atoms with Gasteiger partial charge < -0.3 is 0 Å². The van der Waals surface area contributed by atoms with Crippen LogP contribution in [0.15, 0.2) is 29.2 Å². The van der Waals surface area contributed by atoms with Crippen molar-refractivity contribution >= 4 is 15.9 Å². The molecule has 0 aliphatic heterocycles. The summed E-state index contributed by atoms with van der Waals surface area (Å²) in [5.41, 5.74) is 0.0188. The largest absolute Gasteiger partial charge is 0.312 e. The maximum absolute atomic E-state index is 12.2. The van der Waals surface area contributed by atoms with Crippen molar-refractivity contribution < 1.29 is 24.6 Å². The fourth-order valence-corrected chi connectivity index (χ4v) is 1.76. The molecule has 82 valence electrons. The first-order valence-corrected chi connectivity index (χ1v) is 5.23. The molecule has 1 rings (SSSR count). The first-order chi connectivity index (χ1) is 6.04. The molecule has 0 saturated carbocycles. The van der Waals surface area contributed by atoms with Crippen LogP contribution in [0.5, 0.6) is 0 Å². The molecule has 0 atom stereocenters. The van der Waals surface area contributed by atoms with E-state index in [2.05, 4.69) is 0 Å². The standard InChI is InChI=1S/C6H6F5NOS/c7-14(8,9,10,11)6-4-2-1-3-5(6)12-13/h1-4,12-13H. The Labute approximate surface area is 76.0 Å². The van der Waals surface area contributed by atoms with Crippen LogP contribution in [0, 0.1) is 0 Å². The van der Waals surface area contributed by atoms with E-state index in [0.717, 1.165) is 17.6 Å². The maximum Gasteiger partial charge on any atom is 0.312 e. The van der Waals surface area contributed by atoms with Gasteiger partial charge in [-0.3, -0.25) is 10.7 Å². The summed E-state index contributed by atoms with van der Waals surface area (Å²) < 4.78 is 61.2. The van der Waals surface area contributed by atoms with Gasteiger partial charge in [-0.1, -0.05) is 31.6 Å². The van der Waals surface area contributed by atoms with Gasteiger partial charge >= 0.3 is 10.2 Å². The molecule has 0 amide bonds. The summed E-state index contributed by atoms with van der Waals surface area (Å²) in [6.45, 7) is 0. The Morgan fingerprint density at radius 1 is 1.00 bits per heavy atom. The van der Waals surface area contributed by atoms with E-state index in [-0.39, 0.29) is 6.07 Å². The van der Waals surface area contributed by atoms with Crippen LogP contribution in [0.2, 0.25) is 0 Å². The van der Waals surface area contributed by atoms with Crippen LogP contribution in [-0.2, 0) is 0 Å². The zero-order valence-electron chi connectivity index (χ0n) is 6.55. The molecule has 2 N–H and O–H groups in total. The highest BCUT2D eigenvalue weighted by molar-refractivity contribution is 8.45. The van der Waals surface area contributed by atoms with Crippen molar-refractivity contribution in [2.45, 2.75) is 4.90 Å². The van der Waals surface area contributed by atoms with E-state index in [4.69, 9.17) is 5.21 Å². The number of benzene rings is 1. The van der Waals surface area contributed by atoms with E-state index in [1.54, 1.807) is 0 Å². The molecular formula is C6H6F5NOS. The van der Waals surface area contributed by atoms with Gasteiger partial charge in [-0.25, -0.2) is 0 Å². The van der Waals surface area contributed by atoms with Gasteiger partial charge in [0.05, 0.1) is 5.69 Å². The third-order valence-corrected chi connectivity index (χ3v) is 2.61. The number of hydrogen-bond donors (Lipinski definition) is 2. The highest BCUT2D eigenvalue weighted by Crippen LogP contribution is 3.02. The molecule has 0 spiro atoms. The fourth-order valence-electron chi connectivity index (χ4n) is 0.895. The molecule has 0 aromatic heterocycles. The van der Waals surface area contributed by atoms with Gasteiger partial charge in [0, 0.05) is 0 Å². The van der Waals surface area contributed by atoms with Crippen LogP contribution < -0.4 is 5.48 Å². The molecule has 0 saturated heterocycles. The Morgan fingerprint density at radius 2 is 1.50 bits per heavy atom. The molecule has 1 aromatic rings. The zero-order valence-corrected chi connectivity index (χ0v) is 7.37. The van der Waals surface area contributed by atoms with Crippen molar-refractivity contribution in [1.82, 2.24) is 0 Å². The van der Waals surface area contributed by atoms with E-state index >= 15 is 0 Å². The monoisotopic (exact) mass is 235 g/mol. The Balaban J connectivity index is 3.49. The minimum Gasteiger partial charge on any atom is -0.291 e. The molecule has 2 nitrogen and oxygen atoms in total. The molecule has 0 aliphatic carbocycles. The first kappa shape index (κ1) is 11.1. The van der Waals surface area contributed by atoms with Crippen LogP contribution in [0.4, 0.5) is 25.1 Å². The molecule has 0 bridgehead atoms. The van der Waals surface area contributed by atoms with Gasteiger partial charge in [0.2, 0.25) is 0 Å². The lowest BCUT2D eigenvalue weighted by Gasteiger charge is -2.41. The van der Waals surface area contributed by atoms with Crippen LogP contribution >= 0.6 is 10.2 Å². The predicted octanol–water partition coefficient (Wildman–Crippen LogP) is 4.15. The second-order valence-corrected chi connectivity index (χ2v) is 4.95.